The van der Waals surface area contributed by atoms with Crippen molar-refractivity contribution in [3.63, 3.8) is 0 Å². The van der Waals surface area contributed by atoms with Crippen molar-refractivity contribution >= 4 is 22.7 Å². The van der Waals surface area contributed by atoms with Crippen LogP contribution < -0.4 is 19.5 Å². The summed E-state index contributed by atoms with van der Waals surface area (Å²) in [6.07, 6.45) is -3.52. The molecule has 0 saturated carbocycles. The van der Waals surface area contributed by atoms with E-state index in [1.54, 1.807) is 50.7 Å². The van der Waals surface area contributed by atoms with E-state index in [-0.39, 0.29) is 6.61 Å². The zero-order chi connectivity index (χ0) is 27.4. The van der Waals surface area contributed by atoms with Gasteiger partial charge in [-0.2, -0.15) is 13.2 Å². The van der Waals surface area contributed by atoms with Gasteiger partial charge in [0.2, 0.25) is 0 Å². The standard InChI is InChI=1S/C28H25F3N2O5/c1-16-17(2)23(38-24-11-12-32-22-14-26(36-4)25(35-3)13-20(22)24)10-9-21(16)33-27(34)37-15-18-5-7-19(8-6-18)28(29,30)31/h5-14H,15H2,1-4H3,(H,33,34). The lowest BCUT2D eigenvalue weighted by Gasteiger charge is -2.16. The molecule has 4 aromatic rings. The molecule has 0 radical (unpaired) electrons. The maximum atomic E-state index is 12.7. The molecule has 3 aromatic carbocycles. The third-order valence-corrected chi connectivity index (χ3v) is 6.05. The number of nitrogens with one attached hydrogen (secondary N) is 1. The summed E-state index contributed by atoms with van der Waals surface area (Å²) in [5.74, 6) is 2.24. The molecule has 1 heterocycles. The lowest BCUT2D eigenvalue weighted by atomic mass is 10.1. The Morgan fingerprint density at radius 3 is 2.21 bits per heavy atom. The van der Waals surface area contributed by atoms with E-state index in [4.69, 9.17) is 18.9 Å². The highest BCUT2D eigenvalue weighted by Gasteiger charge is 2.30. The first-order valence-electron chi connectivity index (χ1n) is 11.5. The summed E-state index contributed by atoms with van der Waals surface area (Å²) in [7, 11) is 3.10. The fraction of sp³-hybridized carbons (Fsp3) is 0.214. The molecule has 0 saturated heterocycles. The van der Waals surface area contributed by atoms with Gasteiger partial charge in [0.25, 0.3) is 0 Å². The molecule has 198 valence electrons. The van der Waals surface area contributed by atoms with E-state index in [2.05, 4.69) is 10.3 Å². The quantitative estimate of drug-likeness (QED) is 0.270. The van der Waals surface area contributed by atoms with Crippen LogP contribution in [0, 0.1) is 13.8 Å². The van der Waals surface area contributed by atoms with Crippen LogP contribution in [0.2, 0.25) is 0 Å². The second-order valence-corrected chi connectivity index (χ2v) is 8.39. The molecule has 4 rings (SSSR count). The van der Waals surface area contributed by atoms with E-state index in [0.717, 1.165) is 28.6 Å². The van der Waals surface area contributed by atoms with Crippen molar-refractivity contribution in [3.8, 4) is 23.0 Å². The molecular formula is C28H25F3N2O5. The van der Waals surface area contributed by atoms with Crippen LogP contribution in [-0.2, 0) is 17.5 Å². The second kappa shape index (κ2) is 10.9. The van der Waals surface area contributed by atoms with Gasteiger partial charge in [-0.25, -0.2) is 4.79 Å². The summed E-state index contributed by atoms with van der Waals surface area (Å²) < 4.78 is 60.3. The van der Waals surface area contributed by atoms with Crippen molar-refractivity contribution in [2.24, 2.45) is 0 Å². The average molecular weight is 527 g/mol. The van der Waals surface area contributed by atoms with Crippen LogP contribution in [0.3, 0.4) is 0 Å². The van der Waals surface area contributed by atoms with Crippen molar-refractivity contribution in [1.82, 2.24) is 4.98 Å². The predicted octanol–water partition coefficient (Wildman–Crippen LogP) is 7.43. The van der Waals surface area contributed by atoms with Gasteiger partial charge in [-0.15, -0.1) is 0 Å². The zero-order valence-electron chi connectivity index (χ0n) is 21.1. The number of nitrogens with zero attached hydrogens (tertiary/aromatic N) is 1. The molecule has 1 N–H and O–H groups in total. The summed E-state index contributed by atoms with van der Waals surface area (Å²) in [6.45, 7) is 3.51. The molecule has 10 heteroatoms. The normalized spacial score (nSPS) is 11.2. The number of pyridine rings is 1. The Hall–Kier alpha value is -4.47. The molecular weight excluding hydrogens is 501 g/mol. The van der Waals surface area contributed by atoms with Crippen molar-refractivity contribution in [2.45, 2.75) is 26.6 Å². The Morgan fingerprint density at radius 1 is 0.868 bits per heavy atom. The van der Waals surface area contributed by atoms with Crippen molar-refractivity contribution in [2.75, 3.05) is 19.5 Å². The summed E-state index contributed by atoms with van der Waals surface area (Å²) in [5.41, 5.74) is 2.39. The van der Waals surface area contributed by atoms with Gasteiger partial charge >= 0.3 is 12.3 Å². The summed E-state index contributed by atoms with van der Waals surface area (Å²) in [4.78, 5) is 16.7. The molecule has 0 bridgehead atoms. The Balaban J connectivity index is 1.47. The minimum absolute atomic E-state index is 0.174. The van der Waals surface area contributed by atoms with Crippen LogP contribution in [-0.4, -0.2) is 25.3 Å². The molecule has 0 aliphatic carbocycles. The molecule has 0 aliphatic heterocycles. The van der Waals surface area contributed by atoms with Gasteiger partial charge < -0.3 is 18.9 Å². The zero-order valence-corrected chi connectivity index (χ0v) is 21.1. The molecule has 7 nitrogen and oxygen atoms in total. The van der Waals surface area contributed by atoms with Crippen LogP contribution in [0.5, 0.6) is 23.0 Å². The van der Waals surface area contributed by atoms with Gasteiger partial charge in [-0.1, -0.05) is 12.1 Å². The lowest BCUT2D eigenvalue weighted by Crippen LogP contribution is -2.15. The van der Waals surface area contributed by atoms with E-state index in [0.29, 0.717) is 39.8 Å². The molecule has 0 atom stereocenters. The Bertz CT molecular complexity index is 1470. The van der Waals surface area contributed by atoms with Gasteiger partial charge in [0.05, 0.1) is 25.3 Å². The predicted molar refractivity (Wildman–Crippen MR) is 136 cm³/mol. The van der Waals surface area contributed by atoms with E-state index >= 15 is 0 Å². The Morgan fingerprint density at radius 2 is 1.55 bits per heavy atom. The Labute approximate surface area is 217 Å². The minimum Gasteiger partial charge on any atom is -0.493 e. The average Bonchev–Trinajstić information content (AvgIpc) is 2.90. The van der Waals surface area contributed by atoms with E-state index in [9.17, 15) is 18.0 Å². The first-order chi connectivity index (χ1) is 18.1. The van der Waals surface area contributed by atoms with E-state index in [1.165, 1.54) is 12.1 Å². The van der Waals surface area contributed by atoms with Gasteiger partial charge in [-0.3, -0.25) is 10.3 Å². The van der Waals surface area contributed by atoms with Crippen molar-refractivity contribution in [3.05, 3.63) is 83.0 Å². The smallest absolute Gasteiger partial charge is 0.416 e. The number of anilines is 1. The topological polar surface area (TPSA) is 78.9 Å². The summed E-state index contributed by atoms with van der Waals surface area (Å²) in [6, 6.07) is 13.1. The number of methoxy groups -OCH3 is 2. The van der Waals surface area contributed by atoms with Gasteiger partial charge in [0.1, 0.15) is 18.1 Å². The van der Waals surface area contributed by atoms with Gasteiger partial charge in [0.15, 0.2) is 11.5 Å². The fourth-order valence-corrected chi connectivity index (χ4v) is 3.78. The van der Waals surface area contributed by atoms with Crippen molar-refractivity contribution < 1.29 is 36.9 Å². The van der Waals surface area contributed by atoms with Crippen LogP contribution in [0.1, 0.15) is 22.3 Å². The summed E-state index contributed by atoms with van der Waals surface area (Å²) in [5, 5.41) is 3.40. The molecule has 0 aliphatic rings. The first kappa shape index (κ1) is 26.6. The van der Waals surface area contributed by atoms with Crippen LogP contribution in [0.25, 0.3) is 10.9 Å². The number of halogens is 3. The first-order valence-corrected chi connectivity index (χ1v) is 11.5. The molecule has 0 fully saturated rings. The number of hydrogen-bond acceptors (Lipinski definition) is 6. The van der Waals surface area contributed by atoms with Gasteiger partial charge in [-0.05, 0) is 66.9 Å². The van der Waals surface area contributed by atoms with E-state index in [1.807, 2.05) is 13.8 Å². The largest absolute Gasteiger partial charge is 0.493 e. The van der Waals surface area contributed by atoms with Crippen LogP contribution in [0.15, 0.2) is 60.8 Å². The maximum absolute atomic E-state index is 12.7. The van der Waals surface area contributed by atoms with Gasteiger partial charge in [0, 0.05) is 23.3 Å². The number of benzene rings is 3. The van der Waals surface area contributed by atoms with E-state index < -0.39 is 17.8 Å². The molecule has 0 spiro atoms. The number of fused-ring (bicyclic) bond motifs is 1. The number of ether oxygens (including phenoxy) is 4. The molecule has 38 heavy (non-hydrogen) atoms. The molecule has 1 amide bonds. The number of rotatable bonds is 7. The maximum Gasteiger partial charge on any atom is 0.416 e. The monoisotopic (exact) mass is 526 g/mol. The summed E-state index contributed by atoms with van der Waals surface area (Å²) >= 11 is 0. The highest BCUT2D eigenvalue weighted by Crippen LogP contribution is 2.38. The van der Waals surface area contributed by atoms with Crippen LogP contribution >= 0.6 is 0 Å². The highest BCUT2D eigenvalue weighted by atomic mass is 19.4. The SMILES string of the molecule is COc1cc2nccc(Oc3ccc(NC(=O)OCc4ccc(C(F)(F)F)cc4)c(C)c3C)c2cc1OC. The van der Waals surface area contributed by atoms with Crippen LogP contribution in [0.4, 0.5) is 23.7 Å². The van der Waals surface area contributed by atoms with Crippen molar-refractivity contribution in [1.29, 1.82) is 0 Å². The minimum atomic E-state index is -4.42. The number of carbonyl (C=O) groups is 1. The third kappa shape index (κ3) is 5.74. The Kier molecular flexibility index (Phi) is 7.61. The number of carbonyl (C=O) groups excluding carboxylic acids is 1. The molecule has 1 aromatic heterocycles. The number of hydrogen-bond donors (Lipinski definition) is 1. The second-order valence-electron chi connectivity index (χ2n) is 8.39. The highest BCUT2D eigenvalue weighted by molar-refractivity contribution is 5.89. The molecule has 0 unspecified atom stereocenters. The lowest BCUT2D eigenvalue weighted by molar-refractivity contribution is -0.137. The number of alkyl halides is 3. The third-order valence-electron chi connectivity index (χ3n) is 6.05. The number of amides is 1. The number of aromatic nitrogens is 1. The fourth-order valence-electron chi connectivity index (χ4n) is 3.78.